The van der Waals surface area contributed by atoms with E-state index in [0.717, 1.165) is 60.6 Å². The smallest absolute Gasteiger partial charge is 0.263 e. The Kier molecular flexibility index (Phi) is 5.11. The van der Waals surface area contributed by atoms with Gasteiger partial charge >= 0.3 is 0 Å². The van der Waals surface area contributed by atoms with Crippen molar-refractivity contribution in [3.05, 3.63) is 45.9 Å². The molecule has 7 heteroatoms. The summed E-state index contributed by atoms with van der Waals surface area (Å²) in [5.41, 5.74) is 0.913. The van der Waals surface area contributed by atoms with Crippen LogP contribution in [0.2, 0.25) is 0 Å². The van der Waals surface area contributed by atoms with E-state index in [-0.39, 0.29) is 17.9 Å². The predicted octanol–water partition coefficient (Wildman–Crippen LogP) is 3.09. The second-order valence-electron chi connectivity index (χ2n) is 7.17. The molecule has 4 heterocycles. The van der Waals surface area contributed by atoms with Gasteiger partial charge in [-0.1, -0.05) is 0 Å². The number of carbonyl (C=O) groups is 2. The van der Waals surface area contributed by atoms with Gasteiger partial charge in [0.05, 0.1) is 17.1 Å². The van der Waals surface area contributed by atoms with Crippen molar-refractivity contribution in [1.29, 1.82) is 0 Å². The first-order valence-electron chi connectivity index (χ1n) is 9.48. The van der Waals surface area contributed by atoms with Gasteiger partial charge in [-0.25, -0.2) is 0 Å². The van der Waals surface area contributed by atoms with Crippen LogP contribution in [0.15, 0.2) is 30.6 Å². The molecule has 1 unspecified atom stereocenters. The van der Waals surface area contributed by atoms with Crippen molar-refractivity contribution in [3.8, 4) is 0 Å². The van der Waals surface area contributed by atoms with Crippen LogP contribution >= 0.6 is 11.3 Å². The molecule has 1 atom stereocenters. The van der Waals surface area contributed by atoms with Crippen LogP contribution in [0.1, 0.15) is 51.8 Å². The Morgan fingerprint density at radius 3 is 2.74 bits per heavy atom. The molecule has 0 saturated carbocycles. The molecule has 0 N–H and O–H groups in total. The highest BCUT2D eigenvalue weighted by atomic mass is 32.1. The summed E-state index contributed by atoms with van der Waals surface area (Å²) in [7, 11) is 1.85. The number of aromatic nitrogens is 2. The SMILES string of the molecule is Cn1cc(C=CC(=O)N2CCCC2c2ccc(C(=O)N3CCCC3)s2)cn1. The number of thiophene rings is 1. The lowest BCUT2D eigenvalue weighted by Crippen LogP contribution is -2.28. The molecule has 2 aliphatic rings. The number of rotatable bonds is 4. The van der Waals surface area contributed by atoms with Crippen molar-refractivity contribution in [2.24, 2.45) is 7.05 Å². The average Bonchev–Trinajstić information content (AvgIpc) is 3.46. The number of amides is 2. The zero-order valence-electron chi connectivity index (χ0n) is 15.5. The van der Waals surface area contributed by atoms with Crippen molar-refractivity contribution < 1.29 is 9.59 Å². The third-order valence-electron chi connectivity index (χ3n) is 5.24. The lowest BCUT2D eigenvalue weighted by atomic mass is 10.2. The third-order valence-corrected chi connectivity index (χ3v) is 6.41. The first-order valence-corrected chi connectivity index (χ1v) is 10.3. The zero-order valence-corrected chi connectivity index (χ0v) is 16.3. The van der Waals surface area contributed by atoms with E-state index >= 15 is 0 Å². The van der Waals surface area contributed by atoms with Gasteiger partial charge in [-0.2, -0.15) is 5.10 Å². The molecule has 0 aliphatic carbocycles. The molecule has 2 amide bonds. The topological polar surface area (TPSA) is 58.4 Å². The molecule has 2 fully saturated rings. The van der Waals surface area contributed by atoms with Gasteiger partial charge in [0.2, 0.25) is 5.91 Å². The summed E-state index contributed by atoms with van der Waals surface area (Å²) in [5.74, 6) is 0.151. The fraction of sp³-hybridized carbons (Fsp3) is 0.450. The van der Waals surface area contributed by atoms with Gasteiger partial charge in [-0.05, 0) is 43.9 Å². The number of hydrogen-bond acceptors (Lipinski definition) is 4. The van der Waals surface area contributed by atoms with Crippen LogP contribution in [0.5, 0.6) is 0 Å². The van der Waals surface area contributed by atoms with Gasteiger partial charge < -0.3 is 9.80 Å². The van der Waals surface area contributed by atoms with Gasteiger partial charge in [0.25, 0.3) is 5.91 Å². The molecule has 142 valence electrons. The van der Waals surface area contributed by atoms with Gasteiger partial charge in [-0.15, -0.1) is 11.3 Å². The second-order valence-corrected chi connectivity index (χ2v) is 8.29. The fourth-order valence-corrected chi connectivity index (χ4v) is 4.96. The second kappa shape index (κ2) is 7.68. The minimum Gasteiger partial charge on any atom is -0.338 e. The van der Waals surface area contributed by atoms with Crippen molar-refractivity contribution in [3.63, 3.8) is 0 Å². The zero-order chi connectivity index (χ0) is 18.8. The standard InChI is InChI=1S/C20H24N4O2S/c1-22-14-15(13-21-22)6-9-19(25)24-12-4-5-16(24)17-7-8-18(27-17)20(26)23-10-2-3-11-23/h6-9,13-14,16H,2-5,10-12H2,1H3. The average molecular weight is 385 g/mol. The summed E-state index contributed by atoms with van der Waals surface area (Å²) in [4.78, 5) is 31.0. The number of nitrogens with zero attached hydrogens (tertiary/aromatic N) is 4. The molecule has 2 aliphatic heterocycles. The van der Waals surface area contributed by atoms with Crippen LogP contribution in [-0.2, 0) is 11.8 Å². The van der Waals surface area contributed by atoms with Crippen molar-refractivity contribution in [2.45, 2.75) is 31.7 Å². The predicted molar refractivity (Wildman–Crippen MR) is 105 cm³/mol. The summed E-state index contributed by atoms with van der Waals surface area (Å²) in [6.45, 7) is 2.48. The molecule has 0 spiro atoms. The maximum absolute atomic E-state index is 12.7. The number of hydrogen-bond donors (Lipinski definition) is 0. The minimum atomic E-state index is 0.0159. The Bertz CT molecular complexity index is 863. The highest BCUT2D eigenvalue weighted by molar-refractivity contribution is 7.14. The molecule has 2 aromatic heterocycles. The normalized spacial score (nSPS) is 20.1. The van der Waals surface area contributed by atoms with E-state index in [2.05, 4.69) is 5.10 Å². The van der Waals surface area contributed by atoms with E-state index in [1.807, 2.05) is 41.3 Å². The van der Waals surface area contributed by atoms with E-state index in [4.69, 9.17) is 0 Å². The van der Waals surface area contributed by atoms with Crippen molar-refractivity contribution in [2.75, 3.05) is 19.6 Å². The Labute approximate surface area is 163 Å². The molecule has 0 bridgehead atoms. The number of carbonyl (C=O) groups excluding carboxylic acids is 2. The summed E-state index contributed by atoms with van der Waals surface area (Å²) >= 11 is 1.54. The van der Waals surface area contributed by atoms with E-state index in [1.165, 1.54) is 0 Å². The van der Waals surface area contributed by atoms with Crippen LogP contribution < -0.4 is 0 Å². The summed E-state index contributed by atoms with van der Waals surface area (Å²) in [6.07, 6.45) is 11.2. The van der Waals surface area contributed by atoms with E-state index in [9.17, 15) is 9.59 Å². The van der Waals surface area contributed by atoms with Gasteiger partial charge in [-0.3, -0.25) is 14.3 Å². The van der Waals surface area contributed by atoms with Crippen LogP contribution in [-0.4, -0.2) is 51.0 Å². The Balaban J connectivity index is 1.45. The van der Waals surface area contributed by atoms with Gasteiger partial charge in [0, 0.05) is 49.4 Å². The first kappa shape index (κ1) is 18.0. The molecule has 0 aromatic carbocycles. The van der Waals surface area contributed by atoms with Gasteiger partial charge in [0.15, 0.2) is 0 Å². The molecular formula is C20H24N4O2S. The Morgan fingerprint density at radius 2 is 2.00 bits per heavy atom. The fourth-order valence-electron chi connectivity index (χ4n) is 3.84. The summed E-state index contributed by atoms with van der Waals surface area (Å²) < 4.78 is 1.72. The maximum atomic E-state index is 12.7. The lowest BCUT2D eigenvalue weighted by Gasteiger charge is -2.22. The molecule has 2 aromatic rings. The molecular weight excluding hydrogens is 360 g/mol. The highest BCUT2D eigenvalue weighted by Gasteiger charge is 2.31. The monoisotopic (exact) mass is 384 g/mol. The van der Waals surface area contributed by atoms with E-state index in [1.54, 1.807) is 28.3 Å². The summed E-state index contributed by atoms with van der Waals surface area (Å²) in [5, 5.41) is 4.11. The highest BCUT2D eigenvalue weighted by Crippen LogP contribution is 2.36. The van der Waals surface area contributed by atoms with Crippen molar-refractivity contribution >= 4 is 29.2 Å². The van der Waals surface area contributed by atoms with E-state index in [0.29, 0.717) is 0 Å². The van der Waals surface area contributed by atoms with Crippen LogP contribution in [0, 0.1) is 0 Å². The number of likely N-dealkylation sites (tertiary alicyclic amines) is 2. The Morgan fingerprint density at radius 1 is 1.19 bits per heavy atom. The first-order chi connectivity index (χ1) is 13.1. The Hall–Kier alpha value is -2.41. The minimum absolute atomic E-state index is 0.0159. The molecule has 2 saturated heterocycles. The molecule has 0 radical (unpaired) electrons. The van der Waals surface area contributed by atoms with Gasteiger partial charge in [0.1, 0.15) is 0 Å². The molecule has 4 rings (SSSR count). The molecule has 6 nitrogen and oxygen atoms in total. The van der Waals surface area contributed by atoms with Crippen LogP contribution in [0.25, 0.3) is 6.08 Å². The largest absolute Gasteiger partial charge is 0.338 e. The third kappa shape index (κ3) is 3.83. The molecule has 27 heavy (non-hydrogen) atoms. The van der Waals surface area contributed by atoms with Crippen LogP contribution in [0.3, 0.4) is 0 Å². The van der Waals surface area contributed by atoms with Crippen LogP contribution in [0.4, 0.5) is 0 Å². The van der Waals surface area contributed by atoms with Crippen molar-refractivity contribution in [1.82, 2.24) is 19.6 Å². The van der Waals surface area contributed by atoms with E-state index < -0.39 is 0 Å². The maximum Gasteiger partial charge on any atom is 0.263 e. The number of aryl methyl sites for hydroxylation is 1. The lowest BCUT2D eigenvalue weighted by molar-refractivity contribution is -0.126. The summed E-state index contributed by atoms with van der Waals surface area (Å²) in [6, 6.07) is 4.02. The quantitative estimate of drug-likeness (QED) is 0.761.